The van der Waals surface area contributed by atoms with Crippen LogP contribution in [0.4, 0.5) is 13.2 Å². The number of hydrogen-bond acceptors (Lipinski definition) is 1. The van der Waals surface area contributed by atoms with E-state index in [9.17, 15) is 13.2 Å². The number of alkyl halides is 3. The van der Waals surface area contributed by atoms with Crippen molar-refractivity contribution in [3.63, 3.8) is 0 Å². The zero-order chi connectivity index (χ0) is 11.3. The summed E-state index contributed by atoms with van der Waals surface area (Å²) in [5.74, 6) is 0. The third-order valence-corrected chi connectivity index (χ3v) is 2.11. The van der Waals surface area contributed by atoms with Gasteiger partial charge in [-0.05, 0) is 25.3 Å². The first-order chi connectivity index (χ1) is 6.97. The van der Waals surface area contributed by atoms with E-state index < -0.39 is 12.6 Å². The molecule has 5 heteroatoms. The average molecular weight is 220 g/mol. The molecule has 0 aliphatic rings. The van der Waals surface area contributed by atoms with Crippen LogP contribution in [0.25, 0.3) is 0 Å². The van der Waals surface area contributed by atoms with Gasteiger partial charge in [0.2, 0.25) is 0 Å². The first-order valence-corrected chi connectivity index (χ1v) is 5.03. The third kappa shape index (κ3) is 5.44. The van der Waals surface area contributed by atoms with E-state index in [0.29, 0.717) is 13.0 Å². The molecule has 1 rings (SSSR count). The van der Waals surface area contributed by atoms with Gasteiger partial charge in [-0.2, -0.15) is 18.3 Å². The molecule has 0 spiro atoms. The second-order valence-corrected chi connectivity index (χ2v) is 3.71. The minimum Gasteiger partial charge on any atom is -0.272 e. The van der Waals surface area contributed by atoms with Gasteiger partial charge in [-0.15, -0.1) is 0 Å². The number of aryl methyl sites for hydroxylation is 2. The van der Waals surface area contributed by atoms with Crippen LogP contribution in [0.2, 0.25) is 0 Å². The van der Waals surface area contributed by atoms with Crippen molar-refractivity contribution in [1.82, 2.24) is 9.78 Å². The van der Waals surface area contributed by atoms with Crippen LogP contribution < -0.4 is 0 Å². The molecule has 2 nitrogen and oxygen atoms in total. The monoisotopic (exact) mass is 220 g/mol. The molecule has 1 aromatic heterocycles. The highest BCUT2D eigenvalue weighted by Gasteiger charge is 2.25. The lowest BCUT2D eigenvalue weighted by Crippen LogP contribution is -2.06. The summed E-state index contributed by atoms with van der Waals surface area (Å²) in [7, 11) is 0. The molecule has 0 saturated heterocycles. The Labute approximate surface area is 87.1 Å². The minimum atomic E-state index is -4.01. The summed E-state index contributed by atoms with van der Waals surface area (Å²) in [6.45, 7) is 2.64. The van der Waals surface area contributed by atoms with Gasteiger partial charge in [0.05, 0.1) is 6.20 Å². The summed E-state index contributed by atoms with van der Waals surface area (Å²) in [5, 5.41) is 4.06. The van der Waals surface area contributed by atoms with Crippen LogP contribution in [-0.4, -0.2) is 16.0 Å². The molecule has 1 heterocycles. The van der Waals surface area contributed by atoms with Gasteiger partial charge in [0, 0.05) is 19.2 Å². The van der Waals surface area contributed by atoms with Gasteiger partial charge in [-0.3, -0.25) is 4.68 Å². The van der Waals surface area contributed by atoms with Gasteiger partial charge in [-0.1, -0.05) is 6.42 Å². The molecule has 0 N–H and O–H groups in total. The van der Waals surface area contributed by atoms with Crippen LogP contribution in [-0.2, 0) is 6.54 Å². The molecule has 86 valence electrons. The second-order valence-electron chi connectivity index (χ2n) is 3.71. The van der Waals surface area contributed by atoms with E-state index in [1.54, 1.807) is 10.9 Å². The highest BCUT2D eigenvalue weighted by molar-refractivity contribution is 4.99. The zero-order valence-electron chi connectivity index (χ0n) is 8.72. The standard InChI is InChI=1S/C10H15F3N2/c1-9-7-14-15(8-9)6-4-2-3-5-10(11,12)13/h7-8H,2-6H2,1H3. The molecule has 1 aromatic rings. The van der Waals surface area contributed by atoms with Crippen LogP contribution in [0.5, 0.6) is 0 Å². The fourth-order valence-corrected chi connectivity index (χ4v) is 1.37. The lowest BCUT2D eigenvalue weighted by molar-refractivity contribution is -0.135. The Morgan fingerprint density at radius 2 is 2.00 bits per heavy atom. The molecule has 0 fully saturated rings. The Morgan fingerprint density at radius 1 is 1.27 bits per heavy atom. The quantitative estimate of drug-likeness (QED) is 0.696. The van der Waals surface area contributed by atoms with Crippen molar-refractivity contribution in [3.05, 3.63) is 18.0 Å². The highest BCUT2D eigenvalue weighted by Crippen LogP contribution is 2.22. The Morgan fingerprint density at radius 3 is 2.53 bits per heavy atom. The molecule has 15 heavy (non-hydrogen) atoms. The largest absolute Gasteiger partial charge is 0.389 e. The van der Waals surface area contributed by atoms with Crippen molar-refractivity contribution >= 4 is 0 Å². The van der Waals surface area contributed by atoms with Crippen molar-refractivity contribution in [2.75, 3.05) is 0 Å². The Hall–Kier alpha value is -1.00. The van der Waals surface area contributed by atoms with E-state index >= 15 is 0 Å². The maximum atomic E-state index is 11.8. The minimum absolute atomic E-state index is 0.212. The predicted molar refractivity (Wildman–Crippen MR) is 51.5 cm³/mol. The van der Waals surface area contributed by atoms with Gasteiger partial charge in [0.25, 0.3) is 0 Å². The first kappa shape index (κ1) is 12.1. The van der Waals surface area contributed by atoms with Crippen molar-refractivity contribution in [3.8, 4) is 0 Å². The number of nitrogens with zero attached hydrogens (tertiary/aromatic N) is 2. The fraction of sp³-hybridized carbons (Fsp3) is 0.700. The molecule has 0 amide bonds. The van der Waals surface area contributed by atoms with E-state index in [2.05, 4.69) is 5.10 Å². The lowest BCUT2D eigenvalue weighted by atomic mass is 10.2. The lowest BCUT2D eigenvalue weighted by Gasteiger charge is -2.05. The Bertz CT molecular complexity index is 291. The maximum absolute atomic E-state index is 11.8. The van der Waals surface area contributed by atoms with E-state index in [1.165, 1.54) is 0 Å². The van der Waals surface area contributed by atoms with E-state index in [0.717, 1.165) is 12.0 Å². The molecule has 0 saturated carbocycles. The van der Waals surface area contributed by atoms with Crippen LogP contribution in [0, 0.1) is 6.92 Å². The Balaban J connectivity index is 2.07. The molecule has 0 aliphatic heterocycles. The van der Waals surface area contributed by atoms with Crippen molar-refractivity contribution < 1.29 is 13.2 Å². The number of halogens is 3. The first-order valence-electron chi connectivity index (χ1n) is 5.03. The zero-order valence-corrected chi connectivity index (χ0v) is 8.72. The van der Waals surface area contributed by atoms with Crippen molar-refractivity contribution in [2.24, 2.45) is 0 Å². The van der Waals surface area contributed by atoms with Crippen molar-refractivity contribution in [2.45, 2.75) is 45.3 Å². The smallest absolute Gasteiger partial charge is 0.272 e. The molecule has 0 atom stereocenters. The van der Waals surface area contributed by atoms with Crippen LogP contribution in [0.3, 0.4) is 0 Å². The van der Waals surface area contributed by atoms with Gasteiger partial charge in [0.15, 0.2) is 0 Å². The number of hydrogen-bond donors (Lipinski definition) is 0. The fourth-order valence-electron chi connectivity index (χ4n) is 1.37. The van der Waals surface area contributed by atoms with E-state index in [4.69, 9.17) is 0 Å². The third-order valence-electron chi connectivity index (χ3n) is 2.11. The summed E-state index contributed by atoms with van der Waals surface area (Å²) in [5.41, 5.74) is 1.07. The summed E-state index contributed by atoms with van der Waals surface area (Å²) < 4.78 is 37.1. The normalized spacial score (nSPS) is 12.0. The number of aromatic nitrogens is 2. The average Bonchev–Trinajstić information content (AvgIpc) is 2.49. The van der Waals surface area contributed by atoms with E-state index in [1.807, 2.05) is 13.1 Å². The molecule has 0 aliphatic carbocycles. The topological polar surface area (TPSA) is 17.8 Å². The molecule has 0 radical (unpaired) electrons. The molecular weight excluding hydrogens is 205 g/mol. The second kappa shape index (κ2) is 5.19. The summed E-state index contributed by atoms with van der Waals surface area (Å²) in [6, 6.07) is 0. The van der Waals surface area contributed by atoms with Crippen LogP contribution in [0.1, 0.15) is 31.2 Å². The highest BCUT2D eigenvalue weighted by atomic mass is 19.4. The SMILES string of the molecule is Cc1cnn(CCCCCC(F)(F)F)c1. The summed E-state index contributed by atoms with van der Waals surface area (Å²) in [6.07, 6.45) is 0.506. The van der Waals surface area contributed by atoms with Gasteiger partial charge in [-0.25, -0.2) is 0 Å². The molecule has 0 aromatic carbocycles. The van der Waals surface area contributed by atoms with Crippen molar-refractivity contribution in [1.29, 1.82) is 0 Å². The van der Waals surface area contributed by atoms with E-state index in [-0.39, 0.29) is 6.42 Å². The van der Waals surface area contributed by atoms with Crippen LogP contribution >= 0.6 is 0 Å². The molecule has 0 unspecified atom stereocenters. The summed E-state index contributed by atoms with van der Waals surface area (Å²) >= 11 is 0. The molecule has 0 bridgehead atoms. The Kier molecular flexibility index (Phi) is 4.17. The molecular formula is C10H15F3N2. The maximum Gasteiger partial charge on any atom is 0.389 e. The summed E-state index contributed by atoms with van der Waals surface area (Å²) in [4.78, 5) is 0. The number of rotatable bonds is 5. The predicted octanol–water partition coefficient (Wildman–Crippen LogP) is 3.31. The van der Waals surface area contributed by atoms with Gasteiger partial charge >= 0.3 is 6.18 Å². The number of unbranched alkanes of at least 4 members (excludes halogenated alkanes) is 2. The van der Waals surface area contributed by atoms with Gasteiger partial charge < -0.3 is 0 Å². The van der Waals surface area contributed by atoms with Gasteiger partial charge in [0.1, 0.15) is 0 Å². The van der Waals surface area contributed by atoms with Crippen LogP contribution in [0.15, 0.2) is 12.4 Å².